The molecule has 31 heavy (non-hydrogen) atoms. The minimum absolute atomic E-state index is 0.0285. The molecule has 0 aliphatic heterocycles. The molecule has 2 aromatic carbocycles. The van der Waals surface area contributed by atoms with Crippen LogP contribution in [0.15, 0.2) is 60.9 Å². The lowest BCUT2D eigenvalue weighted by atomic mass is 10.0. The van der Waals surface area contributed by atoms with E-state index in [2.05, 4.69) is 39.7 Å². The van der Waals surface area contributed by atoms with Crippen LogP contribution in [0.2, 0.25) is 0 Å². The van der Waals surface area contributed by atoms with Crippen molar-refractivity contribution in [1.82, 2.24) is 9.97 Å². The molecule has 2 N–H and O–H groups in total. The molecular weight excluding hydrogens is 408 g/mol. The van der Waals surface area contributed by atoms with Gasteiger partial charge < -0.3 is 15.4 Å². The van der Waals surface area contributed by atoms with Crippen LogP contribution in [0.1, 0.15) is 17.7 Å². The number of fused-ring (bicyclic) bond motifs is 1. The summed E-state index contributed by atoms with van der Waals surface area (Å²) in [6.45, 7) is 2.75. The molecule has 7 heteroatoms. The molecule has 0 aliphatic carbocycles. The molecule has 0 unspecified atom stereocenters. The molecule has 0 saturated carbocycles. The van der Waals surface area contributed by atoms with Gasteiger partial charge in [0.2, 0.25) is 5.91 Å². The monoisotopic (exact) mass is 432 g/mol. The molecule has 158 valence electrons. The van der Waals surface area contributed by atoms with Gasteiger partial charge in [-0.3, -0.25) is 4.79 Å². The molecule has 2 aromatic heterocycles. The van der Waals surface area contributed by atoms with Gasteiger partial charge in [-0.2, -0.15) is 0 Å². The third-order valence-corrected chi connectivity index (χ3v) is 5.97. The molecule has 0 bridgehead atoms. The van der Waals surface area contributed by atoms with Crippen LogP contribution in [0.25, 0.3) is 21.3 Å². The largest absolute Gasteiger partial charge is 0.497 e. The zero-order valence-electron chi connectivity index (χ0n) is 17.5. The Morgan fingerprint density at radius 2 is 1.94 bits per heavy atom. The Kier molecular flexibility index (Phi) is 6.43. The van der Waals surface area contributed by atoms with Gasteiger partial charge in [-0.05, 0) is 31.0 Å². The predicted octanol–water partition coefficient (Wildman–Crippen LogP) is 5.51. The number of nitrogens with one attached hydrogen (secondary N) is 2. The highest BCUT2D eigenvalue weighted by molar-refractivity contribution is 7.19. The average molecular weight is 433 g/mol. The first-order valence-corrected chi connectivity index (χ1v) is 10.9. The first-order chi connectivity index (χ1) is 15.2. The van der Waals surface area contributed by atoms with Crippen LogP contribution in [0, 0.1) is 6.92 Å². The number of aryl methyl sites for hydroxylation is 1. The number of carbonyl (C=O) groups excluding carboxylic acids is 1. The lowest BCUT2D eigenvalue weighted by Crippen LogP contribution is -2.13. The molecular formula is C24H24N4O2S. The molecule has 0 spiro atoms. The zero-order valence-corrected chi connectivity index (χ0v) is 18.3. The molecule has 0 fully saturated rings. The van der Waals surface area contributed by atoms with E-state index in [4.69, 9.17) is 4.74 Å². The van der Waals surface area contributed by atoms with Gasteiger partial charge >= 0.3 is 0 Å². The van der Waals surface area contributed by atoms with Gasteiger partial charge in [0.05, 0.1) is 12.5 Å². The number of thiophene rings is 1. The summed E-state index contributed by atoms with van der Waals surface area (Å²) in [5.74, 6) is 1.49. The second-order valence-corrected chi connectivity index (χ2v) is 8.32. The van der Waals surface area contributed by atoms with Crippen LogP contribution in [-0.4, -0.2) is 29.5 Å². The lowest BCUT2D eigenvalue weighted by Gasteiger charge is -2.10. The molecule has 0 atom stereocenters. The third kappa shape index (κ3) is 4.83. The summed E-state index contributed by atoms with van der Waals surface area (Å²) in [6.07, 6.45) is 2.68. The predicted molar refractivity (Wildman–Crippen MR) is 127 cm³/mol. The van der Waals surface area contributed by atoms with E-state index >= 15 is 0 Å². The van der Waals surface area contributed by atoms with Gasteiger partial charge in [0.1, 0.15) is 22.7 Å². The van der Waals surface area contributed by atoms with Gasteiger partial charge in [0.25, 0.3) is 0 Å². The minimum atomic E-state index is -0.0285. The number of carbonyl (C=O) groups is 1. The van der Waals surface area contributed by atoms with Gasteiger partial charge in [-0.25, -0.2) is 9.97 Å². The molecule has 1 amide bonds. The number of hydrogen-bond acceptors (Lipinski definition) is 6. The fourth-order valence-corrected chi connectivity index (χ4v) is 4.52. The average Bonchev–Trinajstić information content (AvgIpc) is 3.14. The van der Waals surface area contributed by atoms with Gasteiger partial charge in [-0.15, -0.1) is 11.3 Å². The highest BCUT2D eigenvalue weighted by Crippen LogP contribution is 2.40. The summed E-state index contributed by atoms with van der Waals surface area (Å²) in [5, 5.41) is 7.35. The van der Waals surface area contributed by atoms with Gasteiger partial charge in [-0.1, -0.05) is 36.4 Å². The smallest absolute Gasteiger partial charge is 0.224 e. The molecule has 4 rings (SSSR count). The molecule has 0 radical (unpaired) electrons. The summed E-state index contributed by atoms with van der Waals surface area (Å²) in [6, 6.07) is 17.6. The summed E-state index contributed by atoms with van der Waals surface area (Å²) in [4.78, 5) is 23.4. The van der Waals surface area contributed by atoms with Crippen molar-refractivity contribution in [3.05, 3.63) is 65.8 Å². The lowest BCUT2D eigenvalue weighted by molar-refractivity contribution is -0.116. The number of benzene rings is 2. The number of hydrogen-bond donors (Lipinski definition) is 2. The maximum Gasteiger partial charge on any atom is 0.224 e. The standard InChI is InChI=1S/C24H24N4O2S/c1-16-21(17-8-4-3-5-9-17)22-23(26-15-27-24(22)31-16)25-13-7-12-20(29)28-18-10-6-11-19(14-18)30-2/h3-6,8-11,14-15H,7,12-13H2,1-2H3,(H,28,29)(H,25,26,27). The van der Waals surface area contributed by atoms with E-state index in [1.54, 1.807) is 30.8 Å². The van der Waals surface area contributed by atoms with Crippen LogP contribution >= 0.6 is 11.3 Å². The molecule has 0 aliphatic rings. The van der Waals surface area contributed by atoms with Crippen molar-refractivity contribution in [3.63, 3.8) is 0 Å². The Morgan fingerprint density at radius 1 is 1.10 bits per heavy atom. The van der Waals surface area contributed by atoms with Crippen LogP contribution in [-0.2, 0) is 4.79 Å². The van der Waals surface area contributed by atoms with Crippen molar-refractivity contribution in [2.24, 2.45) is 0 Å². The maximum atomic E-state index is 12.3. The van der Waals surface area contributed by atoms with E-state index in [0.29, 0.717) is 25.1 Å². The van der Waals surface area contributed by atoms with Crippen molar-refractivity contribution >= 4 is 39.0 Å². The fourth-order valence-electron chi connectivity index (χ4n) is 3.51. The van der Waals surface area contributed by atoms with E-state index in [1.807, 2.05) is 36.4 Å². The number of rotatable bonds is 8. The Bertz CT molecular complexity index is 1190. The van der Waals surface area contributed by atoms with Crippen LogP contribution in [0.5, 0.6) is 5.75 Å². The van der Waals surface area contributed by atoms with Crippen molar-refractivity contribution in [2.75, 3.05) is 24.3 Å². The molecule has 0 saturated heterocycles. The Labute approximate surface area is 185 Å². The molecule has 4 aromatic rings. The molecule has 2 heterocycles. The maximum absolute atomic E-state index is 12.3. The number of amides is 1. The number of methoxy groups -OCH3 is 1. The van der Waals surface area contributed by atoms with Crippen molar-refractivity contribution in [2.45, 2.75) is 19.8 Å². The first kappa shape index (κ1) is 20.8. The number of aromatic nitrogens is 2. The Hall–Kier alpha value is -3.45. The minimum Gasteiger partial charge on any atom is -0.497 e. The SMILES string of the molecule is COc1cccc(NC(=O)CCCNc2ncnc3sc(C)c(-c4ccccc4)c23)c1. The second kappa shape index (κ2) is 9.57. The highest BCUT2D eigenvalue weighted by Gasteiger charge is 2.16. The van der Waals surface area contributed by atoms with Gasteiger partial charge in [0, 0.05) is 35.2 Å². The summed E-state index contributed by atoms with van der Waals surface area (Å²) < 4.78 is 5.19. The van der Waals surface area contributed by atoms with E-state index in [0.717, 1.165) is 27.3 Å². The number of nitrogens with zero attached hydrogens (tertiary/aromatic N) is 2. The van der Waals surface area contributed by atoms with E-state index in [9.17, 15) is 4.79 Å². The summed E-state index contributed by atoms with van der Waals surface area (Å²) in [5.41, 5.74) is 3.05. The van der Waals surface area contributed by atoms with E-state index in [1.165, 1.54) is 10.4 Å². The zero-order chi connectivity index (χ0) is 21.6. The van der Waals surface area contributed by atoms with Crippen LogP contribution < -0.4 is 15.4 Å². The normalized spacial score (nSPS) is 10.8. The Balaban J connectivity index is 1.41. The summed E-state index contributed by atoms with van der Waals surface area (Å²) >= 11 is 1.67. The first-order valence-electron chi connectivity index (χ1n) is 10.1. The Morgan fingerprint density at radius 3 is 2.74 bits per heavy atom. The van der Waals surface area contributed by atoms with Crippen molar-refractivity contribution < 1.29 is 9.53 Å². The van der Waals surface area contributed by atoms with Crippen molar-refractivity contribution in [3.8, 4) is 16.9 Å². The highest BCUT2D eigenvalue weighted by atomic mass is 32.1. The summed E-state index contributed by atoms with van der Waals surface area (Å²) in [7, 11) is 1.61. The quantitative estimate of drug-likeness (QED) is 0.359. The number of ether oxygens (including phenoxy) is 1. The second-order valence-electron chi connectivity index (χ2n) is 7.11. The van der Waals surface area contributed by atoms with E-state index < -0.39 is 0 Å². The van der Waals surface area contributed by atoms with E-state index in [-0.39, 0.29) is 5.91 Å². The molecule has 6 nitrogen and oxygen atoms in total. The number of anilines is 2. The fraction of sp³-hybridized carbons (Fsp3) is 0.208. The third-order valence-electron chi connectivity index (χ3n) is 4.95. The van der Waals surface area contributed by atoms with Gasteiger partial charge in [0.15, 0.2) is 0 Å². The topological polar surface area (TPSA) is 76.1 Å². The van der Waals surface area contributed by atoms with Crippen molar-refractivity contribution in [1.29, 1.82) is 0 Å². The van der Waals surface area contributed by atoms with Crippen LogP contribution in [0.3, 0.4) is 0 Å². The van der Waals surface area contributed by atoms with Crippen LogP contribution in [0.4, 0.5) is 11.5 Å².